The second kappa shape index (κ2) is 8.95. The Morgan fingerprint density at radius 1 is 1.47 bits per heavy atom. The third-order valence-electron chi connectivity index (χ3n) is 2.45. The largest absolute Gasteiger partial charge is 0.480 e. The van der Waals surface area contributed by atoms with Crippen molar-refractivity contribution in [2.45, 2.75) is 44.7 Å². The molecule has 1 amide bonds. The molecule has 0 aromatic rings. The first kappa shape index (κ1) is 15.9. The lowest BCUT2D eigenvalue weighted by atomic mass is 10.1. The van der Waals surface area contributed by atoms with E-state index in [0.717, 1.165) is 0 Å². The minimum atomic E-state index is -1.03. The number of rotatable bonds is 9. The molecule has 2 atom stereocenters. The average molecular weight is 246 g/mol. The second-order valence-electron chi connectivity index (χ2n) is 3.97. The fourth-order valence-electron chi connectivity index (χ4n) is 1.32. The molecule has 100 valence electrons. The predicted molar refractivity (Wildman–Crippen MR) is 63.6 cm³/mol. The summed E-state index contributed by atoms with van der Waals surface area (Å²) in [7, 11) is 1.55. The van der Waals surface area contributed by atoms with Gasteiger partial charge in [0, 0.05) is 26.2 Å². The van der Waals surface area contributed by atoms with Crippen LogP contribution in [0, 0.1) is 0 Å². The number of carboxylic acids is 1. The average Bonchev–Trinajstić information content (AvgIpc) is 2.27. The van der Waals surface area contributed by atoms with Crippen LogP contribution < -0.4 is 11.1 Å². The molecule has 17 heavy (non-hydrogen) atoms. The van der Waals surface area contributed by atoms with E-state index in [1.165, 1.54) is 0 Å². The Morgan fingerprint density at radius 2 is 2.12 bits per heavy atom. The van der Waals surface area contributed by atoms with Crippen LogP contribution >= 0.6 is 0 Å². The van der Waals surface area contributed by atoms with Crippen LogP contribution in [0.4, 0.5) is 0 Å². The second-order valence-corrected chi connectivity index (χ2v) is 3.97. The Labute approximate surface area is 102 Å². The van der Waals surface area contributed by atoms with E-state index in [2.05, 4.69) is 5.32 Å². The molecule has 6 nitrogen and oxygen atoms in total. The highest BCUT2D eigenvalue weighted by molar-refractivity contribution is 5.83. The molecule has 0 heterocycles. The summed E-state index contributed by atoms with van der Waals surface area (Å²) in [6, 6.07) is -1.08. The van der Waals surface area contributed by atoms with Crippen molar-refractivity contribution in [3.8, 4) is 0 Å². The number of carbonyl (C=O) groups is 2. The van der Waals surface area contributed by atoms with Crippen LogP contribution in [0.25, 0.3) is 0 Å². The highest BCUT2D eigenvalue weighted by Gasteiger charge is 2.20. The van der Waals surface area contributed by atoms with Gasteiger partial charge in [-0.1, -0.05) is 6.92 Å². The van der Waals surface area contributed by atoms with Gasteiger partial charge in [0.05, 0.1) is 0 Å². The van der Waals surface area contributed by atoms with Gasteiger partial charge in [0.15, 0.2) is 0 Å². The first-order valence-electron chi connectivity index (χ1n) is 5.77. The molecule has 6 heteroatoms. The summed E-state index contributed by atoms with van der Waals surface area (Å²) in [6.07, 6.45) is 1.79. The van der Waals surface area contributed by atoms with Gasteiger partial charge >= 0.3 is 5.97 Å². The number of nitrogens with one attached hydrogen (secondary N) is 1. The maximum Gasteiger partial charge on any atom is 0.326 e. The summed E-state index contributed by atoms with van der Waals surface area (Å²) in [5.74, 6) is -1.34. The number of methoxy groups -OCH3 is 1. The van der Waals surface area contributed by atoms with Gasteiger partial charge in [0.1, 0.15) is 6.04 Å². The topological polar surface area (TPSA) is 102 Å². The van der Waals surface area contributed by atoms with Crippen molar-refractivity contribution in [2.75, 3.05) is 13.7 Å². The van der Waals surface area contributed by atoms with Crippen LogP contribution in [0.3, 0.4) is 0 Å². The number of aliphatic carboxylic acids is 1. The molecule has 0 aliphatic heterocycles. The van der Waals surface area contributed by atoms with Gasteiger partial charge in [-0.05, 0) is 19.3 Å². The molecule has 0 aromatic carbocycles. The molecule has 0 saturated carbocycles. The number of hydrogen-bond donors (Lipinski definition) is 3. The molecule has 0 bridgehead atoms. The van der Waals surface area contributed by atoms with Crippen molar-refractivity contribution >= 4 is 11.9 Å². The minimum Gasteiger partial charge on any atom is -0.480 e. The fourth-order valence-corrected chi connectivity index (χ4v) is 1.32. The maximum absolute atomic E-state index is 11.5. The van der Waals surface area contributed by atoms with Crippen LogP contribution in [0.1, 0.15) is 32.6 Å². The number of carboxylic acid groups (broad SMARTS) is 1. The van der Waals surface area contributed by atoms with Crippen LogP contribution in [0.2, 0.25) is 0 Å². The van der Waals surface area contributed by atoms with Crippen molar-refractivity contribution < 1.29 is 19.4 Å². The monoisotopic (exact) mass is 246 g/mol. The number of ether oxygens (including phenoxy) is 1. The van der Waals surface area contributed by atoms with E-state index in [0.29, 0.717) is 25.9 Å². The van der Waals surface area contributed by atoms with E-state index < -0.39 is 12.0 Å². The van der Waals surface area contributed by atoms with Crippen LogP contribution in [0.15, 0.2) is 0 Å². The fraction of sp³-hybridized carbons (Fsp3) is 0.818. The van der Waals surface area contributed by atoms with Crippen molar-refractivity contribution in [3.05, 3.63) is 0 Å². The van der Waals surface area contributed by atoms with Crippen LogP contribution in [0.5, 0.6) is 0 Å². The normalized spacial score (nSPS) is 14.1. The van der Waals surface area contributed by atoms with Gasteiger partial charge in [-0.25, -0.2) is 4.79 Å². The van der Waals surface area contributed by atoms with Crippen LogP contribution in [-0.2, 0) is 14.3 Å². The van der Waals surface area contributed by atoms with E-state index in [1.54, 1.807) is 7.11 Å². The van der Waals surface area contributed by atoms with E-state index >= 15 is 0 Å². The standard InChI is InChI=1S/C11H22N2O4/c1-3-8(12)7-10(14)13-9(11(15)16)5-4-6-17-2/h8-9H,3-7,12H2,1-2H3,(H,13,14)(H,15,16). The SMILES string of the molecule is CCC(N)CC(=O)NC(CCCOC)C(=O)O. The Bertz CT molecular complexity index is 246. The van der Waals surface area contributed by atoms with Crippen molar-refractivity contribution in [1.29, 1.82) is 0 Å². The van der Waals surface area contributed by atoms with E-state index in [9.17, 15) is 9.59 Å². The quantitative estimate of drug-likeness (QED) is 0.501. The molecule has 2 unspecified atom stereocenters. The molecule has 0 rings (SSSR count). The molecule has 4 N–H and O–H groups in total. The molecular weight excluding hydrogens is 224 g/mol. The number of nitrogens with two attached hydrogens (primary N) is 1. The van der Waals surface area contributed by atoms with Crippen LogP contribution in [-0.4, -0.2) is 42.8 Å². The Balaban J connectivity index is 4.06. The van der Waals surface area contributed by atoms with Crippen molar-refractivity contribution in [1.82, 2.24) is 5.32 Å². The van der Waals surface area contributed by atoms with Gasteiger partial charge in [-0.3, -0.25) is 4.79 Å². The molecular formula is C11H22N2O4. The molecule has 0 saturated heterocycles. The summed E-state index contributed by atoms with van der Waals surface area (Å²) in [5, 5.41) is 11.4. The number of amides is 1. The Morgan fingerprint density at radius 3 is 2.59 bits per heavy atom. The highest BCUT2D eigenvalue weighted by Crippen LogP contribution is 2.00. The summed E-state index contributed by atoms with van der Waals surface area (Å²) >= 11 is 0. The Hall–Kier alpha value is -1.14. The number of hydrogen-bond acceptors (Lipinski definition) is 4. The van der Waals surface area contributed by atoms with Gasteiger partial charge in [0.2, 0.25) is 5.91 Å². The predicted octanol–water partition coefficient (Wildman–Crippen LogP) is 0.110. The lowest BCUT2D eigenvalue weighted by Gasteiger charge is -2.15. The van der Waals surface area contributed by atoms with E-state index in [-0.39, 0.29) is 18.4 Å². The van der Waals surface area contributed by atoms with Crippen molar-refractivity contribution in [3.63, 3.8) is 0 Å². The lowest BCUT2D eigenvalue weighted by Crippen LogP contribution is -2.42. The zero-order valence-corrected chi connectivity index (χ0v) is 10.4. The summed E-state index contributed by atoms with van der Waals surface area (Å²) in [5.41, 5.74) is 5.62. The van der Waals surface area contributed by atoms with E-state index in [1.807, 2.05) is 6.92 Å². The first-order valence-corrected chi connectivity index (χ1v) is 5.77. The molecule has 0 fully saturated rings. The van der Waals surface area contributed by atoms with Gasteiger partial charge in [0.25, 0.3) is 0 Å². The van der Waals surface area contributed by atoms with E-state index in [4.69, 9.17) is 15.6 Å². The highest BCUT2D eigenvalue weighted by atomic mass is 16.5. The zero-order chi connectivity index (χ0) is 13.3. The third kappa shape index (κ3) is 7.70. The first-order chi connectivity index (χ1) is 8.01. The van der Waals surface area contributed by atoms with Gasteiger partial charge < -0.3 is 20.9 Å². The molecule has 0 aromatic heterocycles. The molecule has 0 spiro atoms. The number of carbonyl (C=O) groups excluding carboxylic acids is 1. The maximum atomic E-state index is 11.5. The molecule has 0 aliphatic rings. The smallest absolute Gasteiger partial charge is 0.326 e. The minimum absolute atomic E-state index is 0.157. The molecule has 0 aliphatic carbocycles. The summed E-state index contributed by atoms with van der Waals surface area (Å²) in [6.45, 7) is 2.36. The zero-order valence-electron chi connectivity index (χ0n) is 10.4. The lowest BCUT2D eigenvalue weighted by molar-refractivity contribution is -0.142. The molecule has 0 radical (unpaired) electrons. The Kier molecular flexibility index (Phi) is 8.35. The third-order valence-corrected chi connectivity index (χ3v) is 2.45. The summed E-state index contributed by atoms with van der Waals surface area (Å²) in [4.78, 5) is 22.4. The van der Waals surface area contributed by atoms with Gasteiger partial charge in [-0.15, -0.1) is 0 Å². The summed E-state index contributed by atoms with van der Waals surface area (Å²) < 4.78 is 4.83. The van der Waals surface area contributed by atoms with Gasteiger partial charge in [-0.2, -0.15) is 0 Å². The van der Waals surface area contributed by atoms with Crippen molar-refractivity contribution in [2.24, 2.45) is 5.73 Å².